The highest BCUT2D eigenvalue weighted by Gasteiger charge is 2.46. The Morgan fingerprint density at radius 1 is 1.14 bits per heavy atom. The number of anilines is 1. The highest BCUT2D eigenvalue weighted by Crippen LogP contribution is 2.58. The molecular weight excluding hydrogens is 616 g/mol. The zero-order chi connectivity index (χ0) is 31.3. The minimum Gasteiger partial charge on any atom is -0.507 e. The number of aromatic hydroxyl groups is 1. The standard InChI is InChI=1S/C23H29N5O13P2/c1-10-12-5-38-23(32)14(12)16(29)11(19(10)37-2)3-4-39-42(33,34)9-43(35,36)40-6-13-17(30)18(31)22(41-13)28-8-27-15-20(24)25-7-26-21(15)28/h7-8,13,17-18,22,29-31H,3-6,9H2,1-2H3,(H,33,34)(H,35,36)(H2,24,25,26)/t13-,17+,18?,22-/m1/s1. The molecular formula is C23H29N5O13P2. The topological polar surface area (TPSA) is 268 Å². The number of carbonyl (C=O) groups excluding carboxylic acids is 1. The van der Waals surface area contributed by atoms with E-state index in [9.17, 15) is 39.0 Å². The van der Waals surface area contributed by atoms with Gasteiger partial charge in [-0.3, -0.25) is 13.7 Å². The van der Waals surface area contributed by atoms with E-state index in [2.05, 4.69) is 15.0 Å². The first-order chi connectivity index (χ1) is 20.2. The third-order valence-electron chi connectivity index (χ3n) is 7.09. The van der Waals surface area contributed by atoms with Gasteiger partial charge in [-0.2, -0.15) is 0 Å². The third-order valence-corrected chi connectivity index (χ3v) is 11.1. The number of carbonyl (C=O) groups is 1. The molecule has 1 saturated heterocycles. The van der Waals surface area contributed by atoms with Crippen LogP contribution in [-0.2, 0) is 40.7 Å². The van der Waals surface area contributed by atoms with E-state index in [1.165, 1.54) is 24.3 Å². The summed E-state index contributed by atoms with van der Waals surface area (Å²) in [5.74, 6) is -2.13. The first-order valence-corrected chi connectivity index (χ1v) is 16.2. The number of nitrogen functional groups attached to an aromatic ring is 1. The molecule has 18 nitrogen and oxygen atoms in total. The van der Waals surface area contributed by atoms with Crippen LogP contribution in [0, 0.1) is 6.92 Å². The molecule has 43 heavy (non-hydrogen) atoms. The van der Waals surface area contributed by atoms with E-state index in [1.54, 1.807) is 6.92 Å². The van der Waals surface area contributed by atoms with Crippen molar-refractivity contribution in [2.75, 3.05) is 32.0 Å². The molecule has 3 unspecified atom stereocenters. The average molecular weight is 645 g/mol. The summed E-state index contributed by atoms with van der Waals surface area (Å²) < 4.78 is 52.5. The monoisotopic (exact) mass is 645 g/mol. The molecule has 1 aromatic carbocycles. The van der Waals surface area contributed by atoms with E-state index in [0.717, 1.165) is 0 Å². The summed E-state index contributed by atoms with van der Waals surface area (Å²) in [7, 11) is -8.20. The van der Waals surface area contributed by atoms with Crippen molar-refractivity contribution in [3.8, 4) is 11.5 Å². The molecule has 4 heterocycles. The molecule has 2 aliphatic heterocycles. The zero-order valence-electron chi connectivity index (χ0n) is 22.8. The van der Waals surface area contributed by atoms with E-state index in [4.69, 9.17) is 29.0 Å². The fourth-order valence-electron chi connectivity index (χ4n) is 5.01. The Labute approximate surface area is 243 Å². The van der Waals surface area contributed by atoms with Crippen molar-refractivity contribution in [2.24, 2.45) is 0 Å². The van der Waals surface area contributed by atoms with Crippen LogP contribution < -0.4 is 10.5 Å². The predicted molar refractivity (Wildman–Crippen MR) is 144 cm³/mol. The number of hydrogen-bond donors (Lipinski definition) is 6. The molecule has 1 fully saturated rings. The highest BCUT2D eigenvalue weighted by molar-refractivity contribution is 7.70. The maximum absolute atomic E-state index is 12.7. The number of phenols is 1. The number of esters is 1. The molecule has 0 saturated carbocycles. The number of phenolic OH excluding ortho intramolecular Hbond substituents is 1. The second-order valence-electron chi connectivity index (χ2n) is 9.84. The minimum atomic E-state index is -4.80. The van der Waals surface area contributed by atoms with Crippen molar-refractivity contribution >= 4 is 38.1 Å². The smallest absolute Gasteiger partial charge is 0.342 e. The normalized spacial score (nSPS) is 24.5. The highest BCUT2D eigenvalue weighted by atomic mass is 31.2. The number of hydrogen-bond acceptors (Lipinski definition) is 15. The summed E-state index contributed by atoms with van der Waals surface area (Å²) in [6.07, 6.45) is -3.39. The molecule has 20 heteroatoms. The SMILES string of the molecule is COc1c(C)c2c(c(O)c1CCOP(=O)(O)CP(=O)(O)OC[C@H]1O[C@@H](n3cnc4c(N)ncnc43)C(O)[C@H]1O)C(=O)OC2. The summed E-state index contributed by atoms with van der Waals surface area (Å²) >= 11 is 0. The molecule has 7 N–H and O–H groups in total. The maximum atomic E-state index is 12.7. The fraction of sp³-hybridized carbons (Fsp3) is 0.478. The van der Waals surface area contributed by atoms with Gasteiger partial charge in [0.15, 0.2) is 23.6 Å². The summed E-state index contributed by atoms with van der Waals surface area (Å²) in [6, 6.07) is 0. The van der Waals surface area contributed by atoms with Gasteiger partial charge in [-0.15, -0.1) is 0 Å². The molecule has 2 aliphatic rings. The molecule has 0 amide bonds. The van der Waals surface area contributed by atoms with Crippen molar-refractivity contribution in [1.82, 2.24) is 19.5 Å². The number of benzene rings is 1. The lowest BCUT2D eigenvalue weighted by molar-refractivity contribution is -0.0483. The molecule has 2 aromatic heterocycles. The number of aliphatic hydroxyl groups excluding tert-OH is 2. The van der Waals surface area contributed by atoms with Crippen LogP contribution >= 0.6 is 15.2 Å². The van der Waals surface area contributed by atoms with Crippen LogP contribution in [0.3, 0.4) is 0 Å². The lowest BCUT2D eigenvalue weighted by Crippen LogP contribution is -2.33. The molecule has 0 aliphatic carbocycles. The Kier molecular flexibility index (Phi) is 8.52. The second kappa shape index (κ2) is 11.7. The van der Waals surface area contributed by atoms with Crippen LogP contribution in [0.25, 0.3) is 11.2 Å². The number of aliphatic hydroxyl groups is 2. The number of methoxy groups -OCH3 is 1. The van der Waals surface area contributed by atoms with Gasteiger partial charge < -0.3 is 54.1 Å². The van der Waals surface area contributed by atoms with Gasteiger partial charge >= 0.3 is 21.2 Å². The average Bonchev–Trinajstić information content (AvgIpc) is 3.62. The number of ether oxygens (including phenoxy) is 3. The first kappa shape index (κ1) is 31.3. The van der Waals surface area contributed by atoms with Crippen molar-refractivity contribution in [3.05, 3.63) is 34.9 Å². The summed E-state index contributed by atoms with van der Waals surface area (Å²) in [4.78, 5) is 44.5. The minimum absolute atomic E-state index is 0.0314. The quantitative estimate of drug-likeness (QED) is 0.121. The lowest BCUT2D eigenvalue weighted by Gasteiger charge is -2.20. The van der Waals surface area contributed by atoms with E-state index >= 15 is 0 Å². The van der Waals surface area contributed by atoms with E-state index in [-0.39, 0.29) is 46.9 Å². The van der Waals surface area contributed by atoms with Gasteiger partial charge in [0.2, 0.25) is 0 Å². The Bertz CT molecular complexity index is 1670. The molecule has 0 radical (unpaired) electrons. The molecule has 0 spiro atoms. The van der Waals surface area contributed by atoms with Gasteiger partial charge in [0, 0.05) is 17.5 Å². The zero-order valence-corrected chi connectivity index (χ0v) is 24.6. The Hall–Kier alpha value is -3.18. The largest absolute Gasteiger partial charge is 0.507 e. The number of nitrogens with two attached hydrogens (primary N) is 1. The van der Waals surface area contributed by atoms with Crippen molar-refractivity contribution in [3.63, 3.8) is 0 Å². The fourth-order valence-corrected chi connectivity index (χ4v) is 8.23. The number of nitrogens with zero attached hydrogens (tertiary/aromatic N) is 4. The van der Waals surface area contributed by atoms with Crippen LogP contribution in [-0.4, -0.2) is 95.1 Å². The number of rotatable bonds is 11. The molecule has 3 aromatic rings. The lowest BCUT2D eigenvalue weighted by atomic mass is 9.95. The molecule has 0 bridgehead atoms. The summed E-state index contributed by atoms with van der Waals surface area (Å²) in [6.45, 7) is 0.386. The number of fused-ring (bicyclic) bond motifs is 2. The van der Waals surface area contributed by atoms with Crippen molar-refractivity contribution in [2.45, 2.75) is 44.5 Å². The van der Waals surface area contributed by atoms with Gasteiger partial charge in [0.05, 0.1) is 26.7 Å². The molecule has 234 valence electrons. The van der Waals surface area contributed by atoms with E-state index < -0.39 is 70.6 Å². The van der Waals surface area contributed by atoms with Crippen LogP contribution in [0.4, 0.5) is 5.82 Å². The van der Waals surface area contributed by atoms with Crippen LogP contribution in [0.5, 0.6) is 11.5 Å². The van der Waals surface area contributed by atoms with Crippen molar-refractivity contribution < 1.29 is 62.3 Å². The maximum Gasteiger partial charge on any atom is 0.342 e. The molecule has 6 atom stereocenters. The van der Waals surface area contributed by atoms with Gasteiger partial charge in [-0.1, -0.05) is 0 Å². The van der Waals surface area contributed by atoms with Crippen LogP contribution in [0.15, 0.2) is 12.7 Å². The summed E-state index contributed by atoms with van der Waals surface area (Å²) in [5, 5.41) is 31.6. The summed E-state index contributed by atoms with van der Waals surface area (Å²) in [5.41, 5.74) is 7.30. The second-order valence-corrected chi connectivity index (χ2v) is 14.0. The Morgan fingerprint density at radius 3 is 2.58 bits per heavy atom. The van der Waals surface area contributed by atoms with E-state index in [1.807, 2.05) is 0 Å². The van der Waals surface area contributed by atoms with Gasteiger partial charge in [0.1, 0.15) is 53.8 Å². The number of aromatic nitrogens is 4. The predicted octanol–water partition coefficient (Wildman–Crippen LogP) is 0.325. The Morgan fingerprint density at radius 2 is 1.86 bits per heavy atom. The van der Waals surface area contributed by atoms with Gasteiger partial charge in [-0.05, 0) is 12.5 Å². The van der Waals surface area contributed by atoms with Crippen LogP contribution in [0.1, 0.15) is 33.3 Å². The van der Waals surface area contributed by atoms with Crippen LogP contribution in [0.2, 0.25) is 0 Å². The van der Waals surface area contributed by atoms with Gasteiger partial charge in [-0.25, -0.2) is 19.7 Å². The number of imidazole rings is 1. The molecule has 5 rings (SSSR count). The number of cyclic esters (lactones) is 1. The van der Waals surface area contributed by atoms with Crippen molar-refractivity contribution in [1.29, 1.82) is 0 Å². The third kappa shape index (κ3) is 5.98. The Balaban J connectivity index is 1.19. The van der Waals surface area contributed by atoms with E-state index in [0.29, 0.717) is 11.1 Å². The van der Waals surface area contributed by atoms with Gasteiger partial charge in [0.25, 0.3) is 0 Å². The first-order valence-electron chi connectivity index (χ1n) is 12.7.